The molecule has 2 heterocycles. The fraction of sp³-hybridized carbons (Fsp3) is 0.560. The van der Waals surface area contributed by atoms with Crippen LogP contribution in [0.2, 0.25) is 0 Å². The minimum absolute atomic E-state index is 0.0479. The second-order valence-electron chi connectivity index (χ2n) is 10.1. The van der Waals surface area contributed by atoms with Gasteiger partial charge in [0.25, 0.3) is 10.0 Å². The number of piperidine rings is 1. The predicted octanol–water partition coefficient (Wildman–Crippen LogP) is 2.59. The minimum Gasteiger partial charge on any atom is -0.444 e. The van der Waals surface area contributed by atoms with E-state index in [2.05, 4.69) is 5.32 Å². The maximum absolute atomic E-state index is 13.3. The van der Waals surface area contributed by atoms with Crippen molar-refractivity contribution in [2.24, 2.45) is 0 Å². The van der Waals surface area contributed by atoms with Crippen LogP contribution >= 0.6 is 0 Å². The van der Waals surface area contributed by atoms with Gasteiger partial charge in [-0.1, -0.05) is 17.7 Å². The number of carbonyl (C=O) groups excluding carboxylic acids is 3. The van der Waals surface area contributed by atoms with Crippen molar-refractivity contribution in [3.05, 3.63) is 42.2 Å². The van der Waals surface area contributed by atoms with Crippen LogP contribution in [0.1, 0.15) is 52.5 Å². The van der Waals surface area contributed by atoms with Crippen LogP contribution in [-0.4, -0.2) is 77.7 Å². The van der Waals surface area contributed by atoms with Crippen molar-refractivity contribution in [3.63, 3.8) is 0 Å². The van der Waals surface area contributed by atoms with E-state index in [0.717, 1.165) is 9.87 Å². The first-order valence-electron chi connectivity index (χ1n) is 12.2. The molecule has 3 amide bonds. The van der Waals surface area contributed by atoms with E-state index in [1.165, 1.54) is 24.5 Å². The number of benzene rings is 1. The summed E-state index contributed by atoms with van der Waals surface area (Å²) in [4.78, 5) is 41.8. The monoisotopic (exact) mass is 520 g/mol. The van der Waals surface area contributed by atoms with Crippen molar-refractivity contribution in [3.8, 4) is 0 Å². The fourth-order valence-electron chi connectivity index (χ4n) is 4.38. The lowest BCUT2D eigenvalue weighted by atomic mass is 10.0. The number of sulfonamides is 1. The number of rotatable bonds is 6. The molecule has 10 nitrogen and oxygen atoms in total. The molecular formula is C25H36N4O6S. The lowest BCUT2D eigenvalue weighted by molar-refractivity contribution is -0.138. The van der Waals surface area contributed by atoms with Gasteiger partial charge in [0.15, 0.2) is 0 Å². The van der Waals surface area contributed by atoms with Gasteiger partial charge in [-0.05, 0) is 59.6 Å². The first-order valence-corrected chi connectivity index (χ1v) is 13.6. The molecule has 0 saturated carbocycles. The zero-order valence-electron chi connectivity index (χ0n) is 21.6. The highest BCUT2D eigenvalue weighted by atomic mass is 32.2. The number of hydrogen-bond acceptors (Lipinski definition) is 6. The minimum atomic E-state index is -4.04. The Hall–Kier alpha value is -3.08. The molecule has 1 aromatic carbocycles. The SMILES string of the molecule is CCN(C(=O)CC1C(=O)NC=CN1S(=O)(=O)c1ccc(C)cc1)C1CCN(C(=O)OC(C)(C)C)CC1. The van der Waals surface area contributed by atoms with Crippen molar-refractivity contribution < 1.29 is 27.5 Å². The van der Waals surface area contributed by atoms with Crippen molar-refractivity contribution in [1.82, 2.24) is 19.4 Å². The Morgan fingerprint density at radius 2 is 1.75 bits per heavy atom. The molecule has 1 aromatic rings. The number of hydrogen-bond donors (Lipinski definition) is 1. The van der Waals surface area contributed by atoms with Crippen molar-refractivity contribution in [1.29, 1.82) is 0 Å². The Labute approximate surface area is 213 Å². The molecule has 1 atom stereocenters. The highest BCUT2D eigenvalue weighted by Gasteiger charge is 2.39. The maximum atomic E-state index is 13.3. The molecule has 2 aliphatic rings. The van der Waals surface area contributed by atoms with Gasteiger partial charge in [0.05, 0.1) is 11.3 Å². The summed E-state index contributed by atoms with van der Waals surface area (Å²) >= 11 is 0. The summed E-state index contributed by atoms with van der Waals surface area (Å²) in [5.74, 6) is -0.870. The summed E-state index contributed by atoms with van der Waals surface area (Å²) < 4.78 is 33.0. The van der Waals surface area contributed by atoms with E-state index in [4.69, 9.17) is 4.74 Å². The normalized spacial score (nSPS) is 19.1. The van der Waals surface area contributed by atoms with E-state index in [1.807, 2.05) is 34.6 Å². The van der Waals surface area contributed by atoms with Crippen LogP contribution in [0.15, 0.2) is 41.6 Å². The lowest BCUT2D eigenvalue weighted by Gasteiger charge is -2.39. The molecule has 1 saturated heterocycles. The fourth-order valence-corrected chi connectivity index (χ4v) is 5.83. The van der Waals surface area contributed by atoms with Crippen LogP contribution < -0.4 is 5.32 Å². The molecule has 1 N–H and O–H groups in total. The molecule has 36 heavy (non-hydrogen) atoms. The largest absolute Gasteiger partial charge is 0.444 e. The number of amides is 3. The third-order valence-electron chi connectivity index (χ3n) is 6.24. The van der Waals surface area contributed by atoms with Crippen LogP contribution in [0.4, 0.5) is 4.79 Å². The van der Waals surface area contributed by atoms with Crippen molar-refractivity contribution in [2.75, 3.05) is 19.6 Å². The zero-order chi connectivity index (χ0) is 26.7. The third kappa shape index (κ3) is 6.37. The Balaban J connectivity index is 1.70. The predicted molar refractivity (Wildman–Crippen MR) is 134 cm³/mol. The molecule has 0 spiro atoms. The molecule has 0 radical (unpaired) electrons. The van der Waals surface area contributed by atoms with Gasteiger partial charge in [-0.3, -0.25) is 13.9 Å². The number of carbonyl (C=O) groups is 3. The molecule has 0 aliphatic carbocycles. The average molecular weight is 521 g/mol. The second kappa shape index (κ2) is 10.9. The standard InChI is InChI=1S/C25H36N4O6S/c1-6-28(19-11-14-27(15-12-19)24(32)35-25(3,4)5)22(30)17-21-23(31)26-13-16-29(21)36(33,34)20-9-7-18(2)8-10-20/h7-10,13,16,19,21H,6,11-12,14-15,17H2,1-5H3,(H,26,31). The smallest absolute Gasteiger partial charge is 0.410 e. The second-order valence-corrected chi connectivity index (χ2v) is 11.9. The maximum Gasteiger partial charge on any atom is 0.410 e. The highest BCUT2D eigenvalue weighted by molar-refractivity contribution is 7.89. The first kappa shape index (κ1) is 27.5. The number of ether oxygens (including phenoxy) is 1. The third-order valence-corrected chi connectivity index (χ3v) is 8.04. The summed E-state index contributed by atoms with van der Waals surface area (Å²) in [5.41, 5.74) is 0.322. The van der Waals surface area contributed by atoms with Gasteiger partial charge in [-0.25, -0.2) is 13.2 Å². The Morgan fingerprint density at radius 3 is 2.31 bits per heavy atom. The van der Waals surface area contributed by atoms with Crippen LogP contribution in [-0.2, 0) is 24.3 Å². The topological polar surface area (TPSA) is 116 Å². The Morgan fingerprint density at radius 1 is 1.14 bits per heavy atom. The molecule has 11 heteroatoms. The Bertz CT molecular complexity index is 1100. The molecule has 2 aliphatic heterocycles. The van der Waals surface area contributed by atoms with E-state index in [0.29, 0.717) is 32.5 Å². The molecule has 1 unspecified atom stereocenters. The van der Waals surface area contributed by atoms with Crippen molar-refractivity contribution >= 4 is 27.9 Å². The van der Waals surface area contributed by atoms with Gasteiger partial charge in [-0.2, -0.15) is 0 Å². The van der Waals surface area contributed by atoms with E-state index in [-0.39, 0.29) is 29.4 Å². The van der Waals surface area contributed by atoms with Crippen LogP contribution in [0.25, 0.3) is 0 Å². The Kier molecular flexibility index (Phi) is 8.33. The van der Waals surface area contributed by atoms with Gasteiger partial charge in [0, 0.05) is 38.1 Å². The molecular weight excluding hydrogens is 484 g/mol. The molecule has 0 bridgehead atoms. The van der Waals surface area contributed by atoms with Crippen molar-refractivity contribution in [2.45, 2.75) is 76.5 Å². The van der Waals surface area contributed by atoms with E-state index in [1.54, 1.807) is 21.9 Å². The number of aryl methyl sites for hydroxylation is 1. The van der Waals surface area contributed by atoms with E-state index >= 15 is 0 Å². The molecule has 0 aromatic heterocycles. The van der Waals surface area contributed by atoms with Gasteiger partial charge in [-0.15, -0.1) is 0 Å². The summed E-state index contributed by atoms with van der Waals surface area (Å²) in [7, 11) is -4.04. The lowest BCUT2D eigenvalue weighted by Crippen LogP contribution is -2.53. The molecule has 1 fully saturated rings. The summed E-state index contributed by atoms with van der Waals surface area (Å²) in [6.45, 7) is 10.4. The van der Waals surface area contributed by atoms with E-state index < -0.39 is 27.6 Å². The zero-order valence-corrected chi connectivity index (χ0v) is 22.4. The number of nitrogens with zero attached hydrogens (tertiary/aromatic N) is 3. The summed E-state index contributed by atoms with van der Waals surface area (Å²) in [5, 5.41) is 2.52. The molecule has 3 rings (SSSR count). The molecule has 198 valence electrons. The van der Waals surface area contributed by atoms with E-state index in [9.17, 15) is 22.8 Å². The van der Waals surface area contributed by atoms with Gasteiger partial charge in [0.1, 0.15) is 11.6 Å². The highest BCUT2D eigenvalue weighted by Crippen LogP contribution is 2.25. The van der Waals surface area contributed by atoms with Gasteiger partial charge in [0.2, 0.25) is 11.8 Å². The summed E-state index contributed by atoms with van der Waals surface area (Å²) in [6.07, 6.45) is 3.02. The number of nitrogens with one attached hydrogen (secondary N) is 1. The first-order chi connectivity index (χ1) is 16.8. The van der Waals surface area contributed by atoms with Gasteiger partial charge < -0.3 is 19.9 Å². The quantitative estimate of drug-likeness (QED) is 0.616. The van der Waals surface area contributed by atoms with Crippen LogP contribution in [0, 0.1) is 6.92 Å². The summed E-state index contributed by atoms with van der Waals surface area (Å²) in [6, 6.07) is 5.02. The average Bonchev–Trinajstić information content (AvgIpc) is 2.80. The van der Waals surface area contributed by atoms with Crippen LogP contribution in [0.5, 0.6) is 0 Å². The number of likely N-dealkylation sites (tertiary alicyclic amines) is 1. The van der Waals surface area contributed by atoms with Crippen LogP contribution in [0.3, 0.4) is 0 Å². The van der Waals surface area contributed by atoms with Gasteiger partial charge >= 0.3 is 6.09 Å².